The number of anilines is 1. The van der Waals surface area contributed by atoms with Crippen LogP contribution < -0.4 is 15.8 Å². The van der Waals surface area contributed by atoms with Gasteiger partial charge in [-0.15, -0.1) is 0 Å². The van der Waals surface area contributed by atoms with Gasteiger partial charge in [0.25, 0.3) is 0 Å². The molecule has 9 nitrogen and oxygen atoms in total. The van der Waals surface area contributed by atoms with Crippen molar-refractivity contribution in [2.24, 2.45) is 17.6 Å². The average Bonchev–Trinajstić information content (AvgIpc) is 2.66. The first-order chi connectivity index (χ1) is 13.7. The normalized spacial score (nSPS) is 26.3. The molecule has 0 radical (unpaired) electrons. The predicted octanol–water partition coefficient (Wildman–Crippen LogP) is 1.45. The van der Waals surface area contributed by atoms with E-state index in [1.54, 1.807) is 24.3 Å². The number of ether oxygens (including phenoxy) is 4. The van der Waals surface area contributed by atoms with E-state index in [9.17, 15) is 14.4 Å². The highest BCUT2D eigenvalue weighted by Crippen LogP contribution is 2.34. The van der Waals surface area contributed by atoms with E-state index in [-0.39, 0.29) is 30.9 Å². The molecular weight excluding hydrogens is 380 g/mol. The lowest BCUT2D eigenvalue weighted by molar-refractivity contribution is -0.253. The Morgan fingerprint density at radius 3 is 2.48 bits per heavy atom. The molecule has 0 aromatic heterocycles. The average molecular weight is 408 g/mol. The number of rotatable bonds is 7. The zero-order chi connectivity index (χ0) is 21.6. The second kappa shape index (κ2) is 10.2. The van der Waals surface area contributed by atoms with Crippen molar-refractivity contribution in [3.8, 4) is 5.75 Å². The van der Waals surface area contributed by atoms with Gasteiger partial charge in [0.2, 0.25) is 12.2 Å². The quantitative estimate of drug-likeness (QED) is 0.649. The molecule has 2 rings (SSSR count). The molecule has 1 aliphatic heterocycles. The van der Waals surface area contributed by atoms with E-state index in [1.807, 2.05) is 13.8 Å². The fourth-order valence-corrected chi connectivity index (χ4v) is 3.09. The lowest BCUT2D eigenvalue weighted by Crippen LogP contribution is -2.54. The van der Waals surface area contributed by atoms with Crippen LogP contribution in [0.1, 0.15) is 27.7 Å². The lowest BCUT2D eigenvalue weighted by atomic mass is 9.83. The second-order valence-electron chi connectivity index (χ2n) is 7.04. The predicted molar refractivity (Wildman–Crippen MR) is 104 cm³/mol. The van der Waals surface area contributed by atoms with Gasteiger partial charge in [-0.25, -0.2) is 0 Å². The van der Waals surface area contributed by atoms with Crippen molar-refractivity contribution in [2.75, 3.05) is 18.5 Å². The van der Waals surface area contributed by atoms with E-state index in [1.165, 1.54) is 13.8 Å². The monoisotopic (exact) mass is 408 g/mol. The highest BCUT2D eigenvalue weighted by atomic mass is 16.7. The van der Waals surface area contributed by atoms with Crippen LogP contribution in [0.4, 0.5) is 5.69 Å². The first-order valence-electron chi connectivity index (χ1n) is 9.44. The van der Waals surface area contributed by atoms with Gasteiger partial charge >= 0.3 is 11.9 Å². The Balaban J connectivity index is 2.20. The van der Waals surface area contributed by atoms with E-state index in [2.05, 4.69) is 5.32 Å². The first kappa shape index (κ1) is 22.6. The van der Waals surface area contributed by atoms with Crippen molar-refractivity contribution in [3.05, 3.63) is 24.3 Å². The molecule has 1 aromatic rings. The third kappa shape index (κ3) is 6.43. The Kier molecular flexibility index (Phi) is 7.98. The molecule has 3 N–H and O–H groups in total. The Hall–Kier alpha value is -2.65. The number of amides is 1. The number of benzene rings is 1. The molecule has 1 saturated heterocycles. The van der Waals surface area contributed by atoms with Crippen molar-refractivity contribution in [2.45, 2.75) is 46.2 Å². The fourth-order valence-electron chi connectivity index (χ4n) is 3.09. The molecule has 0 spiro atoms. The maximum atomic E-state index is 11.6. The van der Waals surface area contributed by atoms with Crippen LogP contribution in [-0.4, -0.2) is 49.5 Å². The van der Waals surface area contributed by atoms with Crippen LogP contribution in [0.25, 0.3) is 0 Å². The van der Waals surface area contributed by atoms with E-state index in [0.717, 1.165) is 0 Å². The van der Waals surface area contributed by atoms with Gasteiger partial charge in [0.1, 0.15) is 12.4 Å². The zero-order valence-corrected chi connectivity index (χ0v) is 17.0. The maximum Gasteiger partial charge on any atom is 0.303 e. The summed E-state index contributed by atoms with van der Waals surface area (Å²) in [4.78, 5) is 34.3. The highest BCUT2D eigenvalue weighted by molar-refractivity contribution is 5.92. The van der Waals surface area contributed by atoms with Gasteiger partial charge in [-0.05, 0) is 18.1 Å². The van der Waals surface area contributed by atoms with Crippen LogP contribution in [0.3, 0.4) is 0 Å². The molecule has 0 bridgehead atoms. The van der Waals surface area contributed by atoms with E-state index in [4.69, 9.17) is 24.7 Å². The maximum absolute atomic E-state index is 11.6. The van der Waals surface area contributed by atoms with Gasteiger partial charge < -0.3 is 30.0 Å². The van der Waals surface area contributed by atoms with Crippen LogP contribution in [0.2, 0.25) is 0 Å². The van der Waals surface area contributed by atoms with Gasteiger partial charge in [0.05, 0.1) is 12.6 Å². The number of hydrogen-bond donors (Lipinski definition) is 2. The molecule has 1 aromatic carbocycles. The van der Waals surface area contributed by atoms with E-state index in [0.29, 0.717) is 11.4 Å². The summed E-state index contributed by atoms with van der Waals surface area (Å²) in [7, 11) is 0. The third-order valence-electron chi connectivity index (χ3n) is 4.82. The van der Waals surface area contributed by atoms with Crippen molar-refractivity contribution in [1.82, 2.24) is 0 Å². The molecule has 1 amide bonds. The van der Waals surface area contributed by atoms with Gasteiger partial charge in [-0.2, -0.15) is 0 Å². The Labute approximate surface area is 169 Å². The molecule has 29 heavy (non-hydrogen) atoms. The summed E-state index contributed by atoms with van der Waals surface area (Å²) >= 11 is 0. The summed E-state index contributed by atoms with van der Waals surface area (Å²) in [5, 5.41) is 2.64. The minimum absolute atomic E-state index is 0.0475. The Bertz CT molecular complexity index is 737. The van der Waals surface area contributed by atoms with Gasteiger partial charge in [-0.1, -0.05) is 19.9 Å². The molecule has 0 aliphatic carbocycles. The highest BCUT2D eigenvalue weighted by Gasteiger charge is 2.45. The summed E-state index contributed by atoms with van der Waals surface area (Å²) in [6, 6.07) is 6.70. The number of nitrogens with one attached hydrogen (secondary N) is 1. The first-order valence-corrected chi connectivity index (χ1v) is 9.44. The molecule has 9 heteroatoms. The standard InChI is InChI=1S/C20H28N2O7/c1-11-12(2)19(27-14(4)24)20(29-17(11)10-26-13(3)23)28-16-7-5-6-15(8-16)22-18(25)9-21/h5-8,11-12,17,19-20H,9-10,21H2,1-4H3,(H,22,25). The summed E-state index contributed by atoms with van der Waals surface area (Å²) in [5.74, 6) is -0.940. The van der Waals surface area contributed by atoms with Crippen LogP contribution in [0, 0.1) is 11.8 Å². The second-order valence-corrected chi connectivity index (χ2v) is 7.04. The molecule has 1 fully saturated rings. The largest absolute Gasteiger partial charge is 0.463 e. The third-order valence-corrected chi connectivity index (χ3v) is 4.82. The molecule has 5 atom stereocenters. The van der Waals surface area contributed by atoms with Crippen molar-refractivity contribution in [1.29, 1.82) is 0 Å². The Morgan fingerprint density at radius 2 is 1.86 bits per heavy atom. The van der Waals surface area contributed by atoms with Crippen LogP contribution in [-0.2, 0) is 28.6 Å². The van der Waals surface area contributed by atoms with Gasteiger partial charge in [-0.3, -0.25) is 14.4 Å². The van der Waals surface area contributed by atoms with Crippen LogP contribution in [0.15, 0.2) is 24.3 Å². The van der Waals surface area contributed by atoms with Crippen molar-refractivity contribution in [3.63, 3.8) is 0 Å². The topological polar surface area (TPSA) is 126 Å². The Morgan fingerprint density at radius 1 is 1.14 bits per heavy atom. The zero-order valence-electron chi connectivity index (χ0n) is 17.0. The number of hydrogen-bond acceptors (Lipinski definition) is 8. The van der Waals surface area contributed by atoms with Gasteiger partial charge in [0.15, 0.2) is 6.10 Å². The summed E-state index contributed by atoms with van der Waals surface area (Å²) in [6.07, 6.45) is -1.99. The summed E-state index contributed by atoms with van der Waals surface area (Å²) < 4.78 is 22.5. The van der Waals surface area contributed by atoms with Crippen molar-refractivity contribution >= 4 is 23.5 Å². The fraction of sp³-hybridized carbons (Fsp3) is 0.550. The van der Waals surface area contributed by atoms with Crippen LogP contribution in [0.5, 0.6) is 5.75 Å². The SMILES string of the molecule is CC(=O)OCC1OC(Oc2cccc(NC(=O)CN)c2)C(OC(C)=O)C(C)C1C. The summed E-state index contributed by atoms with van der Waals surface area (Å²) in [6.45, 7) is 6.44. The summed E-state index contributed by atoms with van der Waals surface area (Å²) in [5.41, 5.74) is 5.83. The minimum atomic E-state index is -0.911. The minimum Gasteiger partial charge on any atom is -0.463 e. The number of esters is 2. The number of carbonyl (C=O) groups excluding carboxylic acids is 3. The molecule has 0 saturated carbocycles. The molecule has 1 heterocycles. The van der Waals surface area contributed by atoms with Crippen LogP contribution >= 0.6 is 0 Å². The van der Waals surface area contributed by atoms with Crippen molar-refractivity contribution < 1.29 is 33.3 Å². The number of nitrogens with two attached hydrogens (primary N) is 1. The molecule has 160 valence electrons. The molecule has 5 unspecified atom stereocenters. The van der Waals surface area contributed by atoms with Gasteiger partial charge in [0, 0.05) is 31.5 Å². The smallest absolute Gasteiger partial charge is 0.303 e. The molecule has 1 aliphatic rings. The lowest BCUT2D eigenvalue weighted by Gasteiger charge is -2.43. The molecular formula is C20H28N2O7. The number of carbonyl (C=O) groups is 3. The van der Waals surface area contributed by atoms with E-state index < -0.39 is 30.4 Å². The van der Waals surface area contributed by atoms with E-state index >= 15 is 0 Å².